The molecule has 0 unspecified atom stereocenters. The predicted molar refractivity (Wildman–Crippen MR) is 65.4 cm³/mol. The van der Waals surface area contributed by atoms with Gasteiger partial charge in [-0.3, -0.25) is 4.79 Å². The van der Waals surface area contributed by atoms with Crippen LogP contribution in [0.25, 0.3) is 0 Å². The Morgan fingerprint density at radius 3 is 2.50 bits per heavy atom. The molecule has 1 rings (SSSR count). The molecule has 0 aliphatic carbocycles. The van der Waals surface area contributed by atoms with Crippen molar-refractivity contribution < 1.29 is 9.90 Å². The van der Waals surface area contributed by atoms with Gasteiger partial charge in [-0.1, -0.05) is 24.3 Å². The topological polar surface area (TPSA) is 61.4 Å². The highest BCUT2D eigenvalue weighted by atomic mass is 35.5. The number of carbonyl (C=O) groups is 1. The maximum Gasteiger partial charge on any atom is 0.234 e. The van der Waals surface area contributed by atoms with Crippen molar-refractivity contribution in [2.24, 2.45) is 0 Å². The quantitative estimate of drug-likeness (QED) is 0.704. The molecule has 90 valence electrons. The minimum atomic E-state index is -0.0507. The largest absolute Gasteiger partial charge is 0.392 e. The van der Waals surface area contributed by atoms with Crippen LogP contribution in [0.5, 0.6) is 0 Å². The number of nitrogens with one attached hydrogen (secondary N) is 2. The van der Waals surface area contributed by atoms with Crippen molar-refractivity contribution in [1.29, 1.82) is 0 Å². The number of benzene rings is 1. The van der Waals surface area contributed by atoms with Crippen molar-refractivity contribution in [3.63, 3.8) is 0 Å². The molecule has 1 aromatic carbocycles. The summed E-state index contributed by atoms with van der Waals surface area (Å²) < 4.78 is 0. The van der Waals surface area contributed by atoms with Gasteiger partial charge in [0.15, 0.2) is 0 Å². The standard InChI is InChI=1S/C11H16N2O2.ClH/c1-12-7-11(15)13-6-9-4-2-3-5-10(9)8-14;/h2-5,12,14H,6-8H2,1H3,(H,13,15);1H. The second-order valence-corrected chi connectivity index (χ2v) is 3.23. The monoisotopic (exact) mass is 244 g/mol. The van der Waals surface area contributed by atoms with Gasteiger partial charge in [-0.05, 0) is 18.2 Å². The van der Waals surface area contributed by atoms with E-state index in [9.17, 15) is 4.79 Å². The Hall–Kier alpha value is -1.10. The first-order valence-electron chi connectivity index (χ1n) is 4.87. The first kappa shape index (κ1) is 14.9. The lowest BCUT2D eigenvalue weighted by atomic mass is 10.1. The highest BCUT2D eigenvalue weighted by Crippen LogP contribution is 2.07. The highest BCUT2D eigenvalue weighted by Gasteiger charge is 2.02. The number of aliphatic hydroxyl groups is 1. The molecule has 0 atom stereocenters. The Kier molecular flexibility index (Phi) is 7.54. The van der Waals surface area contributed by atoms with Crippen molar-refractivity contribution in [3.05, 3.63) is 35.4 Å². The van der Waals surface area contributed by atoms with Crippen molar-refractivity contribution in [3.8, 4) is 0 Å². The summed E-state index contributed by atoms with van der Waals surface area (Å²) in [5.41, 5.74) is 1.80. The number of carbonyl (C=O) groups excluding carboxylic acids is 1. The molecule has 1 amide bonds. The fourth-order valence-corrected chi connectivity index (χ4v) is 1.30. The lowest BCUT2D eigenvalue weighted by Crippen LogP contribution is -2.31. The van der Waals surface area contributed by atoms with Crippen LogP contribution in [0.1, 0.15) is 11.1 Å². The van der Waals surface area contributed by atoms with Crippen molar-refractivity contribution in [2.45, 2.75) is 13.2 Å². The zero-order valence-corrected chi connectivity index (χ0v) is 10.0. The predicted octanol–water partition coefficient (Wildman–Crippen LogP) is 0.436. The van der Waals surface area contributed by atoms with Crippen molar-refractivity contribution in [2.75, 3.05) is 13.6 Å². The van der Waals surface area contributed by atoms with E-state index < -0.39 is 0 Å². The molecular formula is C11H17ClN2O2. The van der Waals surface area contributed by atoms with E-state index in [1.165, 1.54) is 0 Å². The maximum absolute atomic E-state index is 11.2. The van der Waals surface area contributed by atoms with E-state index >= 15 is 0 Å². The molecule has 0 aliphatic rings. The van der Waals surface area contributed by atoms with Gasteiger partial charge in [-0.2, -0.15) is 0 Å². The molecule has 0 radical (unpaired) electrons. The Morgan fingerprint density at radius 1 is 1.31 bits per heavy atom. The van der Waals surface area contributed by atoms with Crippen LogP contribution in [-0.2, 0) is 17.9 Å². The second kappa shape index (κ2) is 8.10. The van der Waals surface area contributed by atoms with E-state index in [0.717, 1.165) is 11.1 Å². The molecule has 0 spiro atoms. The Balaban J connectivity index is 0.00000225. The summed E-state index contributed by atoms with van der Waals surface area (Å²) >= 11 is 0. The number of hydrogen-bond acceptors (Lipinski definition) is 3. The van der Waals surface area contributed by atoms with Crippen molar-refractivity contribution in [1.82, 2.24) is 10.6 Å². The van der Waals surface area contributed by atoms with Gasteiger partial charge < -0.3 is 15.7 Å². The van der Waals surface area contributed by atoms with Crippen LogP contribution in [-0.4, -0.2) is 24.6 Å². The van der Waals surface area contributed by atoms with Gasteiger partial charge in [-0.15, -0.1) is 12.4 Å². The van der Waals surface area contributed by atoms with Crippen LogP contribution >= 0.6 is 12.4 Å². The molecule has 0 fully saturated rings. The van der Waals surface area contributed by atoms with E-state index in [-0.39, 0.29) is 24.9 Å². The summed E-state index contributed by atoms with van der Waals surface area (Å²) in [6, 6.07) is 7.49. The summed E-state index contributed by atoms with van der Waals surface area (Å²) in [6.07, 6.45) is 0. The fraction of sp³-hybridized carbons (Fsp3) is 0.364. The molecule has 0 saturated carbocycles. The maximum atomic E-state index is 11.2. The average Bonchev–Trinajstić information content (AvgIpc) is 2.27. The van der Waals surface area contributed by atoms with Crippen LogP contribution in [0.3, 0.4) is 0 Å². The van der Waals surface area contributed by atoms with Gasteiger partial charge in [0, 0.05) is 6.54 Å². The molecule has 0 aromatic heterocycles. The molecule has 3 N–H and O–H groups in total. The number of amides is 1. The van der Waals surface area contributed by atoms with Gasteiger partial charge >= 0.3 is 0 Å². The molecule has 4 nitrogen and oxygen atoms in total. The average molecular weight is 245 g/mol. The zero-order valence-electron chi connectivity index (χ0n) is 9.19. The van der Waals surface area contributed by atoms with Gasteiger partial charge in [0.25, 0.3) is 0 Å². The van der Waals surface area contributed by atoms with Crippen LogP contribution in [0.2, 0.25) is 0 Å². The van der Waals surface area contributed by atoms with Crippen LogP contribution in [0.15, 0.2) is 24.3 Å². The number of halogens is 1. The fourth-order valence-electron chi connectivity index (χ4n) is 1.30. The summed E-state index contributed by atoms with van der Waals surface area (Å²) in [6.45, 7) is 0.761. The minimum absolute atomic E-state index is 0. The molecule has 5 heteroatoms. The molecule has 1 aromatic rings. The molecule has 0 saturated heterocycles. The van der Waals surface area contributed by atoms with Gasteiger partial charge in [-0.25, -0.2) is 0 Å². The van der Waals surface area contributed by atoms with E-state index in [1.807, 2.05) is 24.3 Å². The molecule has 16 heavy (non-hydrogen) atoms. The van der Waals surface area contributed by atoms with Crippen LogP contribution in [0.4, 0.5) is 0 Å². The Labute approximate surface area is 101 Å². The SMILES string of the molecule is CNCC(=O)NCc1ccccc1CO.Cl. The summed E-state index contributed by atoms with van der Waals surface area (Å²) in [5, 5.41) is 14.6. The molecule has 0 aliphatic heterocycles. The Morgan fingerprint density at radius 2 is 1.94 bits per heavy atom. The van der Waals surface area contributed by atoms with E-state index in [1.54, 1.807) is 7.05 Å². The summed E-state index contributed by atoms with van der Waals surface area (Å²) in [5.74, 6) is -0.0507. The second-order valence-electron chi connectivity index (χ2n) is 3.23. The number of rotatable bonds is 5. The smallest absolute Gasteiger partial charge is 0.234 e. The van der Waals surface area contributed by atoms with Crippen molar-refractivity contribution >= 4 is 18.3 Å². The third-order valence-electron chi connectivity index (χ3n) is 2.10. The van der Waals surface area contributed by atoms with Gasteiger partial charge in [0.1, 0.15) is 0 Å². The van der Waals surface area contributed by atoms with E-state index in [2.05, 4.69) is 10.6 Å². The third-order valence-corrected chi connectivity index (χ3v) is 2.10. The van der Waals surface area contributed by atoms with Crippen LogP contribution in [0, 0.1) is 0 Å². The molecule has 0 bridgehead atoms. The lowest BCUT2D eigenvalue weighted by molar-refractivity contribution is -0.120. The molecular weight excluding hydrogens is 228 g/mol. The normalized spacial score (nSPS) is 9.38. The summed E-state index contributed by atoms with van der Waals surface area (Å²) in [7, 11) is 1.72. The van der Waals surface area contributed by atoms with Gasteiger partial charge in [0.2, 0.25) is 5.91 Å². The summed E-state index contributed by atoms with van der Waals surface area (Å²) in [4.78, 5) is 11.2. The Bertz CT molecular complexity index is 332. The number of hydrogen-bond donors (Lipinski definition) is 3. The first-order valence-corrected chi connectivity index (χ1v) is 4.87. The van der Waals surface area contributed by atoms with Gasteiger partial charge in [0.05, 0.1) is 13.2 Å². The zero-order chi connectivity index (χ0) is 11.1. The molecule has 0 heterocycles. The van der Waals surface area contributed by atoms with E-state index in [0.29, 0.717) is 13.1 Å². The minimum Gasteiger partial charge on any atom is -0.392 e. The van der Waals surface area contributed by atoms with E-state index in [4.69, 9.17) is 5.11 Å². The number of aliphatic hydroxyl groups excluding tert-OH is 1. The highest BCUT2D eigenvalue weighted by molar-refractivity contribution is 5.85. The first-order chi connectivity index (χ1) is 7.27. The lowest BCUT2D eigenvalue weighted by Gasteiger charge is -2.08. The third kappa shape index (κ3) is 4.61. The number of likely N-dealkylation sites (N-methyl/N-ethyl adjacent to an activating group) is 1. The van der Waals surface area contributed by atoms with Crippen LogP contribution < -0.4 is 10.6 Å².